The molecule has 2 aliphatic rings. The first-order valence-electron chi connectivity index (χ1n) is 8.29. The number of ether oxygens (including phenoxy) is 1. The molecular formula is C16H32O2Si. The van der Waals surface area contributed by atoms with Crippen molar-refractivity contribution in [3.63, 3.8) is 0 Å². The van der Waals surface area contributed by atoms with E-state index in [9.17, 15) is 0 Å². The zero-order chi connectivity index (χ0) is 14.0. The highest BCUT2D eigenvalue weighted by molar-refractivity contribution is 6.76. The fraction of sp³-hybridized carbons (Fsp3) is 1.00. The molecule has 19 heavy (non-hydrogen) atoms. The van der Waals surface area contributed by atoms with Crippen LogP contribution in [0, 0.1) is 5.92 Å². The van der Waals surface area contributed by atoms with Gasteiger partial charge in [-0.2, -0.15) is 0 Å². The molecular weight excluding hydrogens is 252 g/mol. The minimum absolute atomic E-state index is 0.613. The highest BCUT2D eigenvalue weighted by Gasteiger charge is 2.44. The van der Waals surface area contributed by atoms with E-state index < -0.39 is 8.32 Å². The Morgan fingerprint density at radius 1 is 1.11 bits per heavy atom. The highest BCUT2D eigenvalue weighted by Crippen LogP contribution is 2.41. The molecule has 112 valence electrons. The lowest BCUT2D eigenvalue weighted by molar-refractivity contribution is 0.234. The van der Waals surface area contributed by atoms with Crippen LogP contribution in [-0.2, 0) is 9.16 Å². The van der Waals surface area contributed by atoms with E-state index in [1.54, 1.807) is 0 Å². The second-order valence-electron chi connectivity index (χ2n) is 7.15. The van der Waals surface area contributed by atoms with Crippen molar-refractivity contribution in [2.24, 2.45) is 5.92 Å². The Morgan fingerprint density at radius 2 is 1.79 bits per heavy atom. The lowest BCUT2D eigenvalue weighted by Crippen LogP contribution is -2.44. The Labute approximate surface area is 120 Å². The van der Waals surface area contributed by atoms with Gasteiger partial charge in [0.05, 0.1) is 12.2 Å². The molecule has 3 heteroatoms. The summed E-state index contributed by atoms with van der Waals surface area (Å²) in [4.78, 5) is 0. The fourth-order valence-corrected chi connectivity index (χ4v) is 8.42. The first kappa shape index (κ1) is 15.5. The zero-order valence-electron chi connectivity index (χ0n) is 13.4. The van der Waals surface area contributed by atoms with Crippen LogP contribution in [0.2, 0.25) is 17.1 Å². The third-order valence-corrected chi connectivity index (χ3v) is 11.3. The smallest absolute Gasteiger partial charge is 0.197 e. The van der Waals surface area contributed by atoms with Crippen molar-refractivity contribution in [1.82, 2.24) is 0 Å². The molecule has 2 nitrogen and oxygen atoms in total. The average Bonchev–Trinajstić information content (AvgIpc) is 3.12. The number of hydrogen-bond acceptors (Lipinski definition) is 2. The number of epoxide rings is 1. The minimum Gasteiger partial charge on any atom is -0.416 e. The molecule has 1 aliphatic heterocycles. The summed E-state index contributed by atoms with van der Waals surface area (Å²) < 4.78 is 12.2. The van der Waals surface area contributed by atoms with E-state index in [0.717, 1.165) is 23.6 Å². The van der Waals surface area contributed by atoms with Gasteiger partial charge >= 0.3 is 0 Å². The molecule has 1 saturated heterocycles. The van der Waals surface area contributed by atoms with Gasteiger partial charge < -0.3 is 9.16 Å². The van der Waals surface area contributed by atoms with Gasteiger partial charge in [-0.1, -0.05) is 34.6 Å². The summed E-state index contributed by atoms with van der Waals surface area (Å²) in [5, 5.41) is 0. The lowest BCUT2D eigenvalue weighted by atomic mass is 9.87. The van der Waals surface area contributed by atoms with Crippen molar-refractivity contribution >= 4 is 8.32 Å². The molecule has 2 fully saturated rings. The molecule has 1 aliphatic carbocycles. The van der Waals surface area contributed by atoms with Gasteiger partial charge in [-0.15, -0.1) is 0 Å². The summed E-state index contributed by atoms with van der Waals surface area (Å²) in [6.07, 6.45) is 6.43. The average molecular weight is 285 g/mol. The minimum atomic E-state index is -1.55. The van der Waals surface area contributed by atoms with E-state index in [1.807, 2.05) is 0 Å². The summed E-state index contributed by atoms with van der Waals surface area (Å²) in [6, 6.07) is 1.25. The molecule has 0 bridgehead atoms. The second-order valence-corrected chi connectivity index (χ2v) is 12.4. The maximum absolute atomic E-state index is 6.55. The highest BCUT2D eigenvalue weighted by atomic mass is 28.4. The van der Waals surface area contributed by atoms with Crippen LogP contribution in [0.3, 0.4) is 0 Å². The molecule has 0 N–H and O–H groups in total. The van der Waals surface area contributed by atoms with E-state index >= 15 is 0 Å². The largest absolute Gasteiger partial charge is 0.416 e. The van der Waals surface area contributed by atoms with Gasteiger partial charge in [-0.3, -0.25) is 0 Å². The second kappa shape index (κ2) is 6.27. The maximum Gasteiger partial charge on any atom is 0.197 e. The van der Waals surface area contributed by atoms with Gasteiger partial charge in [0, 0.05) is 6.61 Å². The molecule has 3 unspecified atom stereocenters. The monoisotopic (exact) mass is 284 g/mol. The summed E-state index contributed by atoms with van der Waals surface area (Å²) in [5.74, 6) is 0.853. The van der Waals surface area contributed by atoms with Crippen LogP contribution in [0.15, 0.2) is 0 Å². The third kappa shape index (κ3) is 3.42. The van der Waals surface area contributed by atoms with Crippen molar-refractivity contribution in [3.8, 4) is 0 Å². The van der Waals surface area contributed by atoms with Gasteiger partial charge in [0.2, 0.25) is 0 Å². The standard InChI is InChI=1S/C16H32O2Si/c1-6-19(12(2)3,13(4)5)17-10-9-14-7-8-15-16(11-14)18-15/h12-16H,6-11H2,1-5H3. The number of hydrogen-bond donors (Lipinski definition) is 0. The van der Waals surface area contributed by atoms with E-state index in [1.165, 1.54) is 31.7 Å². The van der Waals surface area contributed by atoms with Gasteiger partial charge in [-0.25, -0.2) is 0 Å². The van der Waals surface area contributed by atoms with E-state index in [-0.39, 0.29) is 0 Å². The molecule has 0 aromatic heterocycles. The molecule has 0 aromatic rings. The van der Waals surface area contributed by atoms with Crippen LogP contribution >= 0.6 is 0 Å². The Kier molecular flexibility index (Phi) is 5.13. The van der Waals surface area contributed by atoms with Gasteiger partial charge in [0.15, 0.2) is 8.32 Å². The predicted octanol–water partition coefficient (Wildman–Crippen LogP) is 4.75. The Balaban J connectivity index is 1.78. The molecule has 0 spiro atoms. The van der Waals surface area contributed by atoms with Crippen LogP contribution in [0.1, 0.15) is 60.3 Å². The van der Waals surface area contributed by atoms with Gasteiger partial charge in [0.25, 0.3) is 0 Å². The van der Waals surface area contributed by atoms with Crippen LogP contribution in [0.4, 0.5) is 0 Å². The molecule has 0 aromatic carbocycles. The summed E-state index contributed by atoms with van der Waals surface area (Å²) >= 11 is 0. The van der Waals surface area contributed by atoms with Crippen LogP contribution in [0.25, 0.3) is 0 Å². The van der Waals surface area contributed by atoms with Crippen LogP contribution < -0.4 is 0 Å². The Morgan fingerprint density at radius 3 is 2.32 bits per heavy atom. The first-order valence-corrected chi connectivity index (χ1v) is 10.6. The quantitative estimate of drug-likeness (QED) is 0.497. The fourth-order valence-electron chi connectivity index (χ4n) is 4.08. The predicted molar refractivity (Wildman–Crippen MR) is 83.0 cm³/mol. The molecule has 1 heterocycles. The maximum atomic E-state index is 6.55. The Bertz CT molecular complexity index is 282. The molecule has 0 amide bonds. The van der Waals surface area contributed by atoms with Crippen LogP contribution in [-0.4, -0.2) is 27.1 Å². The van der Waals surface area contributed by atoms with E-state index in [0.29, 0.717) is 12.2 Å². The molecule has 2 rings (SSSR count). The normalized spacial score (nSPS) is 30.8. The van der Waals surface area contributed by atoms with Gasteiger partial charge in [0.1, 0.15) is 0 Å². The zero-order valence-corrected chi connectivity index (χ0v) is 14.4. The van der Waals surface area contributed by atoms with Crippen molar-refractivity contribution in [2.45, 2.75) is 89.6 Å². The van der Waals surface area contributed by atoms with Crippen LogP contribution in [0.5, 0.6) is 0 Å². The molecule has 3 atom stereocenters. The number of rotatable bonds is 7. The van der Waals surface area contributed by atoms with Gasteiger partial charge in [-0.05, 0) is 48.7 Å². The number of fused-ring (bicyclic) bond motifs is 1. The first-order chi connectivity index (χ1) is 8.99. The van der Waals surface area contributed by atoms with Crippen molar-refractivity contribution in [1.29, 1.82) is 0 Å². The molecule has 1 saturated carbocycles. The molecule has 0 radical (unpaired) electrons. The lowest BCUT2D eigenvalue weighted by Gasteiger charge is -2.38. The van der Waals surface area contributed by atoms with Crippen molar-refractivity contribution < 1.29 is 9.16 Å². The Hall–Kier alpha value is 0.137. The SMILES string of the molecule is CC[Si](OCCC1CCC2OC2C1)(C(C)C)C(C)C. The van der Waals surface area contributed by atoms with Crippen molar-refractivity contribution in [3.05, 3.63) is 0 Å². The van der Waals surface area contributed by atoms with E-state index in [2.05, 4.69) is 34.6 Å². The van der Waals surface area contributed by atoms with E-state index in [4.69, 9.17) is 9.16 Å². The summed E-state index contributed by atoms with van der Waals surface area (Å²) in [5.41, 5.74) is 1.44. The topological polar surface area (TPSA) is 21.8 Å². The van der Waals surface area contributed by atoms with Crippen molar-refractivity contribution in [2.75, 3.05) is 6.61 Å². The third-order valence-electron chi connectivity index (χ3n) is 5.52. The summed E-state index contributed by atoms with van der Waals surface area (Å²) in [6.45, 7) is 12.8. The summed E-state index contributed by atoms with van der Waals surface area (Å²) in [7, 11) is -1.55.